The summed E-state index contributed by atoms with van der Waals surface area (Å²) in [6.07, 6.45) is 3.11. The Balaban J connectivity index is 1.70. The van der Waals surface area contributed by atoms with E-state index in [-0.39, 0.29) is 21.3 Å². The van der Waals surface area contributed by atoms with Gasteiger partial charge in [0.25, 0.3) is 5.91 Å². The fraction of sp³-hybridized carbons (Fsp3) is 0.350. The van der Waals surface area contributed by atoms with Crippen LogP contribution in [0, 0.1) is 5.82 Å². The van der Waals surface area contributed by atoms with Crippen LogP contribution in [0.5, 0.6) is 0 Å². The van der Waals surface area contributed by atoms with E-state index in [1.807, 2.05) is 0 Å². The molecule has 1 fully saturated rings. The lowest BCUT2D eigenvalue weighted by molar-refractivity contribution is 0.0954. The molecule has 0 unspecified atom stereocenters. The highest BCUT2D eigenvalue weighted by atomic mass is 35.5. The number of benzene rings is 2. The second-order valence-corrected chi connectivity index (χ2v) is 9.06. The first-order valence-electron chi connectivity index (χ1n) is 9.20. The molecule has 5 nitrogen and oxygen atoms in total. The van der Waals surface area contributed by atoms with Crippen LogP contribution in [0.25, 0.3) is 0 Å². The molecule has 0 saturated carbocycles. The van der Waals surface area contributed by atoms with Gasteiger partial charge in [-0.1, -0.05) is 30.2 Å². The summed E-state index contributed by atoms with van der Waals surface area (Å²) >= 11 is 6.13. The number of hydrogen-bond donors (Lipinski definition) is 1. The van der Waals surface area contributed by atoms with E-state index in [2.05, 4.69) is 5.32 Å². The standard InChI is InChI=1S/C20H22ClFN2O3S/c21-18-8-7-16(14-19(18)28(26,27)24-11-2-1-3-12-24)20(25)23-10-9-15-5-4-6-17(22)13-15/h4-8,13-14H,1-3,9-12H2,(H,23,25). The van der Waals surface area contributed by atoms with Crippen LogP contribution in [0.4, 0.5) is 4.39 Å². The van der Waals surface area contributed by atoms with Crippen molar-refractivity contribution in [3.05, 3.63) is 64.4 Å². The van der Waals surface area contributed by atoms with Gasteiger partial charge in [-0.25, -0.2) is 12.8 Å². The highest BCUT2D eigenvalue weighted by molar-refractivity contribution is 7.89. The maximum Gasteiger partial charge on any atom is 0.251 e. The lowest BCUT2D eigenvalue weighted by Gasteiger charge is -2.26. The van der Waals surface area contributed by atoms with Crippen LogP contribution >= 0.6 is 11.6 Å². The summed E-state index contributed by atoms with van der Waals surface area (Å²) < 4.78 is 40.4. The molecule has 2 aromatic rings. The van der Waals surface area contributed by atoms with Crippen LogP contribution in [0.3, 0.4) is 0 Å². The van der Waals surface area contributed by atoms with Crippen molar-refractivity contribution in [3.63, 3.8) is 0 Å². The highest BCUT2D eigenvalue weighted by Crippen LogP contribution is 2.27. The molecule has 2 aromatic carbocycles. The maximum absolute atomic E-state index is 13.2. The summed E-state index contributed by atoms with van der Waals surface area (Å²) in [4.78, 5) is 12.4. The van der Waals surface area contributed by atoms with Gasteiger partial charge in [-0.15, -0.1) is 0 Å². The number of carbonyl (C=O) groups is 1. The maximum atomic E-state index is 13.2. The average molecular weight is 425 g/mol. The lowest BCUT2D eigenvalue weighted by Crippen LogP contribution is -2.36. The molecule has 0 spiro atoms. The summed E-state index contributed by atoms with van der Waals surface area (Å²) in [5.41, 5.74) is 0.990. The minimum atomic E-state index is -3.74. The average Bonchev–Trinajstić information content (AvgIpc) is 2.69. The van der Waals surface area contributed by atoms with E-state index >= 15 is 0 Å². The van der Waals surface area contributed by atoms with Crippen molar-refractivity contribution in [3.8, 4) is 0 Å². The Hall–Kier alpha value is -1.96. The summed E-state index contributed by atoms with van der Waals surface area (Å²) in [5.74, 6) is -0.725. The zero-order valence-corrected chi connectivity index (χ0v) is 16.9. The molecule has 1 N–H and O–H groups in total. The third kappa shape index (κ3) is 4.90. The zero-order chi connectivity index (χ0) is 20.1. The quantitative estimate of drug-likeness (QED) is 0.770. The van der Waals surface area contributed by atoms with E-state index < -0.39 is 15.9 Å². The normalized spacial score (nSPS) is 15.4. The van der Waals surface area contributed by atoms with Crippen LogP contribution in [-0.2, 0) is 16.4 Å². The molecule has 1 aliphatic heterocycles. The summed E-state index contributed by atoms with van der Waals surface area (Å²) in [6, 6.07) is 10.4. The molecule has 3 rings (SSSR count). The van der Waals surface area contributed by atoms with Gasteiger partial charge in [0.2, 0.25) is 10.0 Å². The number of hydrogen-bond acceptors (Lipinski definition) is 3. The number of sulfonamides is 1. The molecule has 8 heteroatoms. The van der Waals surface area contributed by atoms with Gasteiger partial charge in [-0.05, 0) is 55.2 Å². The summed E-state index contributed by atoms with van der Waals surface area (Å²) in [6.45, 7) is 1.23. The van der Waals surface area contributed by atoms with Crippen LogP contribution in [0.15, 0.2) is 47.4 Å². The molecule has 150 valence electrons. The number of halogens is 2. The lowest BCUT2D eigenvalue weighted by atomic mass is 10.1. The van der Waals surface area contributed by atoms with Gasteiger partial charge < -0.3 is 5.32 Å². The van der Waals surface area contributed by atoms with Gasteiger partial charge in [-0.3, -0.25) is 4.79 Å². The number of amides is 1. The molecule has 0 atom stereocenters. The van der Waals surface area contributed by atoms with Crippen molar-refractivity contribution < 1.29 is 17.6 Å². The smallest absolute Gasteiger partial charge is 0.251 e. The van der Waals surface area contributed by atoms with Crippen LogP contribution < -0.4 is 5.32 Å². The predicted molar refractivity (Wildman–Crippen MR) is 106 cm³/mol. The monoisotopic (exact) mass is 424 g/mol. The van der Waals surface area contributed by atoms with Crippen LogP contribution in [-0.4, -0.2) is 38.3 Å². The first-order chi connectivity index (χ1) is 13.4. The van der Waals surface area contributed by atoms with Gasteiger partial charge in [0.15, 0.2) is 0 Å². The largest absolute Gasteiger partial charge is 0.352 e. The molecule has 0 aliphatic carbocycles. The van der Waals surface area contributed by atoms with E-state index in [9.17, 15) is 17.6 Å². The molecule has 0 radical (unpaired) electrons. The topological polar surface area (TPSA) is 66.5 Å². The fourth-order valence-corrected chi connectivity index (χ4v) is 5.22. The molecule has 1 heterocycles. The molecular weight excluding hydrogens is 403 g/mol. The van der Waals surface area contributed by atoms with E-state index in [1.54, 1.807) is 12.1 Å². The van der Waals surface area contributed by atoms with Crippen LogP contribution in [0.1, 0.15) is 35.2 Å². The Morgan fingerprint density at radius 3 is 2.57 bits per heavy atom. The Bertz CT molecular complexity index is 960. The molecule has 1 saturated heterocycles. The Morgan fingerprint density at radius 1 is 1.11 bits per heavy atom. The van der Waals surface area contributed by atoms with Crippen molar-refractivity contribution >= 4 is 27.5 Å². The Morgan fingerprint density at radius 2 is 1.86 bits per heavy atom. The minimum Gasteiger partial charge on any atom is -0.352 e. The van der Waals surface area contributed by atoms with Gasteiger partial charge >= 0.3 is 0 Å². The van der Waals surface area contributed by atoms with E-state index in [0.29, 0.717) is 26.1 Å². The number of nitrogens with zero attached hydrogens (tertiary/aromatic N) is 1. The van der Waals surface area contributed by atoms with Crippen molar-refractivity contribution in [2.75, 3.05) is 19.6 Å². The number of nitrogens with one attached hydrogen (secondary N) is 1. The van der Waals surface area contributed by atoms with Crippen LogP contribution in [0.2, 0.25) is 5.02 Å². The van der Waals surface area contributed by atoms with E-state index in [0.717, 1.165) is 24.8 Å². The number of piperidine rings is 1. The third-order valence-electron chi connectivity index (χ3n) is 4.71. The zero-order valence-electron chi connectivity index (χ0n) is 15.3. The third-order valence-corrected chi connectivity index (χ3v) is 7.09. The van der Waals surface area contributed by atoms with Gasteiger partial charge in [0, 0.05) is 25.2 Å². The fourth-order valence-electron chi connectivity index (χ4n) is 3.20. The predicted octanol–water partition coefficient (Wildman–Crippen LogP) is 3.63. The van der Waals surface area contributed by atoms with Gasteiger partial charge in [0.1, 0.15) is 10.7 Å². The molecule has 0 aromatic heterocycles. The molecule has 1 amide bonds. The first kappa shape index (κ1) is 20.8. The van der Waals surface area contributed by atoms with E-state index in [1.165, 1.54) is 34.6 Å². The molecule has 1 aliphatic rings. The van der Waals surface area contributed by atoms with Crippen molar-refractivity contribution in [1.82, 2.24) is 9.62 Å². The SMILES string of the molecule is O=C(NCCc1cccc(F)c1)c1ccc(Cl)c(S(=O)(=O)N2CCCCC2)c1. The number of carbonyl (C=O) groups excluding carboxylic acids is 1. The van der Waals surface area contributed by atoms with Crippen molar-refractivity contribution in [2.45, 2.75) is 30.6 Å². The molecular formula is C20H22ClFN2O3S. The second kappa shape index (κ2) is 9.03. The first-order valence-corrected chi connectivity index (χ1v) is 11.0. The van der Waals surface area contributed by atoms with Gasteiger partial charge in [0.05, 0.1) is 5.02 Å². The molecule has 0 bridgehead atoms. The van der Waals surface area contributed by atoms with E-state index in [4.69, 9.17) is 11.6 Å². The Kier molecular flexibility index (Phi) is 6.69. The number of rotatable bonds is 6. The summed E-state index contributed by atoms with van der Waals surface area (Å²) in [7, 11) is -3.74. The molecule has 28 heavy (non-hydrogen) atoms. The minimum absolute atomic E-state index is 0.0474. The second-order valence-electron chi connectivity index (χ2n) is 6.75. The van der Waals surface area contributed by atoms with Crippen molar-refractivity contribution in [1.29, 1.82) is 0 Å². The Labute approximate surface area is 169 Å². The van der Waals surface area contributed by atoms with Crippen molar-refractivity contribution in [2.24, 2.45) is 0 Å². The highest BCUT2D eigenvalue weighted by Gasteiger charge is 2.28. The summed E-state index contributed by atoms with van der Waals surface area (Å²) in [5, 5.41) is 2.83. The van der Waals surface area contributed by atoms with Gasteiger partial charge in [-0.2, -0.15) is 4.31 Å².